The molecule has 118 valence electrons. The lowest BCUT2D eigenvalue weighted by molar-refractivity contribution is 0.0853. The van der Waals surface area contributed by atoms with Crippen LogP contribution in [-0.2, 0) is 4.74 Å². The van der Waals surface area contributed by atoms with Crippen LogP contribution in [0.25, 0.3) is 0 Å². The Morgan fingerprint density at radius 3 is 2.67 bits per heavy atom. The molecule has 0 unspecified atom stereocenters. The molecular weight excluding hydrogens is 264 g/mol. The second-order valence-electron chi connectivity index (χ2n) is 6.00. The van der Waals surface area contributed by atoms with Gasteiger partial charge in [0.15, 0.2) is 0 Å². The summed E-state index contributed by atoms with van der Waals surface area (Å²) in [5.74, 6) is 2.43. The van der Waals surface area contributed by atoms with E-state index in [0.717, 1.165) is 50.7 Å². The second-order valence-corrected chi connectivity index (χ2v) is 6.00. The molecule has 5 nitrogen and oxygen atoms in total. The maximum atomic E-state index is 5.47. The van der Waals surface area contributed by atoms with Crippen molar-refractivity contribution in [3.63, 3.8) is 0 Å². The van der Waals surface area contributed by atoms with E-state index in [0.29, 0.717) is 12.0 Å². The fraction of sp³-hybridized carbons (Fsp3) is 0.750. The van der Waals surface area contributed by atoms with Gasteiger partial charge in [0, 0.05) is 38.4 Å². The molecule has 1 aromatic rings. The molecular formula is C16H28N4O. The van der Waals surface area contributed by atoms with Gasteiger partial charge in [-0.2, -0.15) is 0 Å². The maximum absolute atomic E-state index is 5.47. The minimum Gasteiger partial charge on any atom is -0.381 e. The molecule has 0 radical (unpaired) electrons. The molecule has 1 aliphatic rings. The standard InChI is InChI=1S/C16H28N4O/c1-5-8-17-15-14(12(2)3)16(19-11-18-15)20(4)13-6-9-21-10-7-13/h11-13H,5-10H2,1-4H3,(H,17,18,19). The van der Waals surface area contributed by atoms with Crippen molar-refractivity contribution in [2.75, 3.05) is 37.0 Å². The molecule has 0 aliphatic carbocycles. The highest BCUT2D eigenvalue weighted by Gasteiger charge is 2.24. The topological polar surface area (TPSA) is 50.3 Å². The first-order chi connectivity index (χ1) is 10.1. The van der Waals surface area contributed by atoms with Crippen molar-refractivity contribution in [3.05, 3.63) is 11.9 Å². The summed E-state index contributed by atoms with van der Waals surface area (Å²) in [5.41, 5.74) is 1.22. The summed E-state index contributed by atoms with van der Waals surface area (Å²) in [7, 11) is 2.15. The molecule has 1 fully saturated rings. The molecule has 0 bridgehead atoms. The summed E-state index contributed by atoms with van der Waals surface area (Å²) in [5, 5.41) is 3.44. The molecule has 0 atom stereocenters. The third-order valence-corrected chi connectivity index (χ3v) is 4.06. The van der Waals surface area contributed by atoms with Crippen molar-refractivity contribution >= 4 is 11.6 Å². The molecule has 5 heteroatoms. The predicted molar refractivity (Wildman–Crippen MR) is 87.1 cm³/mol. The van der Waals surface area contributed by atoms with Gasteiger partial charge in [0.2, 0.25) is 0 Å². The lowest BCUT2D eigenvalue weighted by Crippen LogP contribution is -2.38. The van der Waals surface area contributed by atoms with Crippen LogP contribution in [0.1, 0.15) is 51.5 Å². The highest BCUT2D eigenvalue weighted by molar-refractivity contribution is 5.60. The largest absolute Gasteiger partial charge is 0.381 e. The number of rotatable bonds is 6. The summed E-state index contributed by atoms with van der Waals surface area (Å²) in [6, 6.07) is 0.505. The highest BCUT2D eigenvalue weighted by Crippen LogP contribution is 2.32. The van der Waals surface area contributed by atoms with Crippen molar-refractivity contribution < 1.29 is 4.74 Å². The summed E-state index contributed by atoms with van der Waals surface area (Å²) in [6.45, 7) is 9.21. The number of nitrogens with zero attached hydrogens (tertiary/aromatic N) is 3. The van der Waals surface area contributed by atoms with E-state index in [2.05, 4.69) is 48.0 Å². The summed E-state index contributed by atoms with van der Waals surface area (Å²) < 4.78 is 5.47. The lowest BCUT2D eigenvalue weighted by Gasteiger charge is -2.34. The molecule has 1 aliphatic heterocycles. The number of anilines is 2. The molecule has 1 aromatic heterocycles. The molecule has 1 N–H and O–H groups in total. The van der Waals surface area contributed by atoms with Crippen LogP contribution in [0.4, 0.5) is 11.6 Å². The Hall–Kier alpha value is -1.36. The van der Waals surface area contributed by atoms with Gasteiger partial charge in [-0.15, -0.1) is 0 Å². The fourth-order valence-electron chi connectivity index (χ4n) is 2.83. The first-order valence-electron chi connectivity index (χ1n) is 8.04. The zero-order valence-corrected chi connectivity index (χ0v) is 13.7. The smallest absolute Gasteiger partial charge is 0.137 e. The number of hydrogen-bond acceptors (Lipinski definition) is 5. The quantitative estimate of drug-likeness (QED) is 0.873. The van der Waals surface area contributed by atoms with E-state index in [4.69, 9.17) is 4.74 Å². The van der Waals surface area contributed by atoms with E-state index in [-0.39, 0.29) is 0 Å². The zero-order chi connectivity index (χ0) is 15.2. The first kappa shape index (κ1) is 16.0. The molecule has 0 amide bonds. The van der Waals surface area contributed by atoms with Crippen molar-refractivity contribution in [1.29, 1.82) is 0 Å². The van der Waals surface area contributed by atoms with Gasteiger partial charge in [-0.05, 0) is 25.2 Å². The van der Waals surface area contributed by atoms with Crippen LogP contribution in [0.5, 0.6) is 0 Å². The van der Waals surface area contributed by atoms with Crippen LogP contribution >= 0.6 is 0 Å². The molecule has 21 heavy (non-hydrogen) atoms. The second kappa shape index (κ2) is 7.59. The first-order valence-corrected chi connectivity index (χ1v) is 8.04. The average molecular weight is 292 g/mol. The van der Waals surface area contributed by atoms with Crippen LogP contribution in [0, 0.1) is 0 Å². The SMILES string of the molecule is CCCNc1ncnc(N(C)C2CCOCC2)c1C(C)C. The minimum absolute atomic E-state index is 0.392. The minimum atomic E-state index is 0.392. The highest BCUT2D eigenvalue weighted by atomic mass is 16.5. The Morgan fingerprint density at radius 1 is 1.33 bits per heavy atom. The maximum Gasteiger partial charge on any atom is 0.137 e. The van der Waals surface area contributed by atoms with Crippen LogP contribution in [-0.4, -0.2) is 42.8 Å². The molecule has 2 heterocycles. The van der Waals surface area contributed by atoms with Gasteiger partial charge in [0.25, 0.3) is 0 Å². The van der Waals surface area contributed by atoms with Gasteiger partial charge in [-0.1, -0.05) is 20.8 Å². The normalized spacial score (nSPS) is 16.2. The Balaban J connectivity index is 2.28. The lowest BCUT2D eigenvalue weighted by atomic mass is 10.0. The Morgan fingerprint density at radius 2 is 2.05 bits per heavy atom. The van der Waals surface area contributed by atoms with Crippen molar-refractivity contribution in [2.45, 2.75) is 52.0 Å². The predicted octanol–water partition coefficient (Wildman–Crippen LogP) is 3.04. The summed E-state index contributed by atoms with van der Waals surface area (Å²) in [4.78, 5) is 11.3. The van der Waals surface area contributed by atoms with Crippen molar-refractivity contribution in [2.24, 2.45) is 0 Å². The van der Waals surface area contributed by atoms with Gasteiger partial charge in [0.1, 0.15) is 18.0 Å². The van der Waals surface area contributed by atoms with E-state index >= 15 is 0 Å². The summed E-state index contributed by atoms with van der Waals surface area (Å²) in [6.07, 6.45) is 4.90. The van der Waals surface area contributed by atoms with Gasteiger partial charge in [-0.25, -0.2) is 9.97 Å². The van der Waals surface area contributed by atoms with Crippen molar-refractivity contribution in [1.82, 2.24) is 9.97 Å². The van der Waals surface area contributed by atoms with Crippen molar-refractivity contribution in [3.8, 4) is 0 Å². The molecule has 0 saturated carbocycles. The van der Waals surface area contributed by atoms with Gasteiger partial charge in [0.05, 0.1) is 0 Å². The van der Waals surface area contributed by atoms with Gasteiger partial charge < -0.3 is 15.0 Å². The van der Waals surface area contributed by atoms with Crippen LogP contribution in [0.3, 0.4) is 0 Å². The molecule has 1 saturated heterocycles. The Bertz CT molecular complexity index is 444. The fourth-order valence-corrected chi connectivity index (χ4v) is 2.83. The number of nitrogens with one attached hydrogen (secondary N) is 1. The summed E-state index contributed by atoms with van der Waals surface area (Å²) >= 11 is 0. The Kier molecular flexibility index (Phi) is 5.79. The molecule has 0 aromatic carbocycles. The third-order valence-electron chi connectivity index (χ3n) is 4.06. The van der Waals surface area contributed by atoms with E-state index in [9.17, 15) is 0 Å². The Labute approximate surface area is 128 Å². The monoisotopic (exact) mass is 292 g/mol. The number of aromatic nitrogens is 2. The van der Waals surface area contributed by atoms with E-state index in [1.807, 2.05) is 0 Å². The van der Waals surface area contributed by atoms with E-state index in [1.54, 1.807) is 6.33 Å². The van der Waals surface area contributed by atoms with E-state index < -0.39 is 0 Å². The van der Waals surface area contributed by atoms with Gasteiger partial charge in [-0.3, -0.25) is 0 Å². The number of hydrogen-bond donors (Lipinski definition) is 1. The molecule has 2 rings (SSSR count). The third kappa shape index (κ3) is 3.84. The zero-order valence-electron chi connectivity index (χ0n) is 13.7. The van der Waals surface area contributed by atoms with Gasteiger partial charge >= 0.3 is 0 Å². The average Bonchev–Trinajstić information content (AvgIpc) is 2.52. The molecule has 0 spiro atoms. The van der Waals surface area contributed by atoms with Crippen LogP contribution in [0.2, 0.25) is 0 Å². The number of ether oxygens (including phenoxy) is 1. The van der Waals surface area contributed by atoms with E-state index in [1.165, 1.54) is 5.56 Å². The van der Waals surface area contributed by atoms with Crippen LogP contribution in [0.15, 0.2) is 6.33 Å². The van der Waals surface area contributed by atoms with Crippen LogP contribution < -0.4 is 10.2 Å².